The van der Waals surface area contributed by atoms with Crippen LogP contribution in [0.3, 0.4) is 0 Å². The third-order valence-electron chi connectivity index (χ3n) is 3.52. The van der Waals surface area contributed by atoms with Gasteiger partial charge < -0.3 is 24.3 Å². The molecule has 118 valence electrons. The van der Waals surface area contributed by atoms with E-state index in [1.54, 1.807) is 25.6 Å². The molecule has 2 aromatic carbocycles. The summed E-state index contributed by atoms with van der Waals surface area (Å²) in [4.78, 5) is 4.59. The first kappa shape index (κ1) is 14.0. The van der Waals surface area contributed by atoms with Crippen LogP contribution in [0.2, 0.25) is 0 Å². The Balaban J connectivity index is 1.66. The highest BCUT2D eigenvalue weighted by Crippen LogP contribution is 2.38. The first-order valence-electron chi connectivity index (χ1n) is 6.96. The number of hydrogen-bond acceptors (Lipinski definition) is 7. The maximum absolute atomic E-state index is 5.38. The third-order valence-corrected chi connectivity index (χ3v) is 4.45. The molecule has 3 aromatic rings. The monoisotopic (exact) mass is 330 g/mol. The number of ether oxygens (including phenoxy) is 4. The van der Waals surface area contributed by atoms with Crippen LogP contribution in [0.15, 0.2) is 30.3 Å². The molecule has 7 heteroatoms. The molecule has 0 fully saturated rings. The van der Waals surface area contributed by atoms with Crippen molar-refractivity contribution < 1.29 is 18.9 Å². The molecule has 0 aliphatic carbocycles. The van der Waals surface area contributed by atoms with Gasteiger partial charge in [-0.25, -0.2) is 4.98 Å². The van der Waals surface area contributed by atoms with Crippen molar-refractivity contribution in [1.82, 2.24) is 4.98 Å². The summed E-state index contributed by atoms with van der Waals surface area (Å²) in [6.07, 6.45) is 0. The van der Waals surface area contributed by atoms with E-state index in [4.69, 9.17) is 18.9 Å². The lowest BCUT2D eigenvalue weighted by molar-refractivity contribution is 0.174. The Kier molecular flexibility index (Phi) is 3.34. The lowest BCUT2D eigenvalue weighted by Crippen LogP contribution is -1.93. The molecule has 0 radical (unpaired) electrons. The molecule has 1 aliphatic heterocycles. The number of thiazole rings is 1. The highest BCUT2D eigenvalue weighted by atomic mass is 32.1. The number of aromatic nitrogens is 1. The summed E-state index contributed by atoms with van der Waals surface area (Å²) in [6, 6.07) is 9.51. The highest BCUT2D eigenvalue weighted by molar-refractivity contribution is 7.22. The number of rotatable bonds is 4. The van der Waals surface area contributed by atoms with E-state index in [0.29, 0.717) is 11.5 Å². The van der Waals surface area contributed by atoms with Gasteiger partial charge in [-0.1, -0.05) is 11.3 Å². The van der Waals surface area contributed by atoms with Crippen LogP contribution < -0.4 is 24.3 Å². The third kappa shape index (κ3) is 2.49. The Labute approximate surface area is 136 Å². The van der Waals surface area contributed by atoms with E-state index in [2.05, 4.69) is 10.3 Å². The lowest BCUT2D eigenvalue weighted by Gasteiger charge is -2.05. The van der Waals surface area contributed by atoms with Gasteiger partial charge in [-0.15, -0.1) is 0 Å². The average molecular weight is 330 g/mol. The zero-order chi connectivity index (χ0) is 15.8. The Morgan fingerprint density at radius 3 is 2.65 bits per heavy atom. The van der Waals surface area contributed by atoms with Gasteiger partial charge >= 0.3 is 0 Å². The second-order valence-electron chi connectivity index (χ2n) is 4.89. The summed E-state index contributed by atoms with van der Waals surface area (Å²) in [5, 5.41) is 4.07. The predicted octanol–water partition coefficient (Wildman–Crippen LogP) is 3.79. The first-order chi connectivity index (χ1) is 11.3. The molecule has 0 bridgehead atoms. The molecule has 0 atom stereocenters. The molecule has 0 saturated carbocycles. The van der Waals surface area contributed by atoms with E-state index in [-0.39, 0.29) is 6.79 Å². The Morgan fingerprint density at radius 2 is 1.83 bits per heavy atom. The molecule has 6 nitrogen and oxygen atoms in total. The molecule has 4 rings (SSSR count). The number of nitrogens with zero attached hydrogens (tertiary/aromatic N) is 1. The standard InChI is InChI=1S/C16H14N2O4S/c1-19-12-6-10-15(7-13(12)20-2)23-16(18-10)17-9-3-4-11-14(5-9)22-8-21-11/h3-7H,8H2,1-2H3,(H,17,18). The summed E-state index contributed by atoms with van der Waals surface area (Å²) in [7, 11) is 3.23. The van der Waals surface area contributed by atoms with Gasteiger partial charge in [0.15, 0.2) is 28.1 Å². The van der Waals surface area contributed by atoms with Crippen LogP contribution in [0, 0.1) is 0 Å². The van der Waals surface area contributed by atoms with Crippen molar-refractivity contribution >= 4 is 32.4 Å². The summed E-state index contributed by atoms with van der Waals surface area (Å²) in [5.41, 5.74) is 1.75. The zero-order valence-corrected chi connectivity index (χ0v) is 13.4. The van der Waals surface area contributed by atoms with Crippen LogP contribution >= 0.6 is 11.3 Å². The number of nitrogens with one attached hydrogen (secondary N) is 1. The van der Waals surface area contributed by atoms with Crippen LogP contribution in [-0.4, -0.2) is 26.0 Å². The van der Waals surface area contributed by atoms with Gasteiger partial charge in [0.05, 0.1) is 24.4 Å². The second kappa shape index (κ2) is 5.51. The van der Waals surface area contributed by atoms with E-state index < -0.39 is 0 Å². The van der Waals surface area contributed by atoms with Crippen molar-refractivity contribution in [2.75, 3.05) is 26.3 Å². The van der Waals surface area contributed by atoms with Crippen LogP contribution in [0.25, 0.3) is 10.2 Å². The Morgan fingerprint density at radius 1 is 1.04 bits per heavy atom. The van der Waals surface area contributed by atoms with E-state index >= 15 is 0 Å². The van der Waals surface area contributed by atoms with Crippen molar-refractivity contribution in [2.24, 2.45) is 0 Å². The molecule has 23 heavy (non-hydrogen) atoms. The number of benzene rings is 2. The Hall–Kier alpha value is -2.67. The molecule has 1 aromatic heterocycles. The molecule has 1 N–H and O–H groups in total. The van der Waals surface area contributed by atoms with Crippen LogP contribution in [0.4, 0.5) is 10.8 Å². The summed E-state index contributed by atoms with van der Waals surface area (Å²) in [6.45, 7) is 0.263. The van der Waals surface area contributed by atoms with Crippen LogP contribution in [-0.2, 0) is 0 Å². The van der Waals surface area contributed by atoms with E-state index in [0.717, 1.165) is 32.5 Å². The molecule has 2 heterocycles. The fraction of sp³-hybridized carbons (Fsp3) is 0.188. The number of anilines is 2. The van der Waals surface area contributed by atoms with Gasteiger partial charge in [-0.05, 0) is 12.1 Å². The van der Waals surface area contributed by atoms with Gasteiger partial charge in [0.1, 0.15) is 0 Å². The van der Waals surface area contributed by atoms with Crippen molar-refractivity contribution in [1.29, 1.82) is 0 Å². The van der Waals surface area contributed by atoms with Crippen molar-refractivity contribution in [2.45, 2.75) is 0 Å². The number of hydrogen-bond donors (Lipinski definition) is 1. The molecule has 0 saturated heterocycles. The van der Waals surface area contributed by atoms with Gasteiger partial charge in [0.2, 0.25) is 6.79 Å². The fourth-order valence-corrected chi connectivity index (χ4v) is 3.30. The van der Waals surface area contributed by atoms with E-state index in [9.17, 15) is 0 Å². The van der Waals surface area contributed by atoms with Gasteiger partial charge in [0, 0.05) is 23.9 Å². The van der Waals surface area contributed by atoms with Crippen LogP contribution in [0.5, 0.6) is 23.0 Å². The molecule has 0 unspecified atom stereocenters. The Bertz CT molecular complexity index is 837. The SMILES string of the molecule is COc1cc2nc(Nc3ccc4c(c3)OCO4)sc2cc1OC. The van der Waals surface area contributed by atoms with Gasteiger partial charge in [-0.3, -0.25) is 0 Å². The molecular formula is C16H14N2O4S. The average Bonchev–Trinajstić information content (AvgIpc) is 3.18. The summed E-state index contributed by atoms with van der Waals surface area (Å²) >= 11 is 1.54. The normalized spacial score (nSPS) is 12.4. The topological polar surface area (TPSA) is 61.8 Å². The highest BCUT2D eigenvalue weighted by Gasteiger charge is 2.15. The van der Waals surface area contributed by atoms with E-state index in [1.807, 2.05) is 30.3 Å². The molecular weight excluding hydrogens is 316 g/mol. The van der Waals surface area contributed by atoms with Crippen molar-refractivity contribution in [3.8, 4) is 23.0 Å². The molecule has 1 aliphatic rings. The predicted molar refractivity (Wildman–Crippen MR) is 88.6 cm³/mol. The first-order valence-corrected chi connectivity index (χ1v) is 7.78. The number of fused-ring (bicyclic) bond motifs is 2. The smallest absolute Gasteiger partial charge is 0.231 e. The van der Waals surface area contributed by atoms with Gasteiger partial charge in [-0.2, -0.15) is 0 Å². The maximum Gasteiger partial charge on any atom is 0.231 e. The largest absolute Gasteiger partial charge is 0.493 e. The molecule has 0 spiro atoms. The minimum Gasteiger partial charge on any atom is -0.493 e. The number of methoxy groups -OCH3 is 2. The van der Waals surface area contributed by atoms with Gasteiger partial charge in [0.25, 0.3) is 0 Å². The quantitative estimate of drug-likeness (QED) is 0.785. The minimum absolute atomic E-state index is 0.263. The maximum atomic E-state index is 5.38. The second-order valence-corrected chi connectivity index (χ2v) is 5.92. The van der Waals surface area contributed by atoms with Crippen molar-refractivity contribution in [3.63, 3.8) is 0 Å². The summed E-state index contributed by atoms with van der Waals surface area (Å²) in [5.74, 6) is 2.85. The molecule has 0 amide bonds. The van der Waals surface area contributed by atoms with Crippen molar-refractivity contribution in [3.05, 3.63) is 30.3 Å². The van der Waals surface area contributed by atoms with E-state index in [1.165, 1.54) is 0 Å². The minimum atomic E-state index is 0.263. The fourth-order valence-electron chi connectivity index (χ4n) is 2.41. The van der Waals surface area contributed by atoms with Crippen LogP contribution in [0.1, 0.15) is 0 Å². The zero-order valence-electron chi connectivity index (χ0n) is 12.6. The summed E-state index contributed by atoms with van der Waals surface area (Å²) < 4.78 is 22.4. The lowest BCUT2D eigenvalue weighted by atomic mass is 10.3.